The van der Waals surface area contributed by atoms with Gasteiger partial charge in [0.05, 0.1) is 36.5 Å². The van der Waals surface area contributed by atoms with Crippen LogP contribution in [-0.2, 0) is 14.1 Å². The first-order valence-electron chi connectivity index (χ1n) is 11.7. The van der Waals surface area contributed by atoms with Crippen LogP contribution in [0.5, 0.6) is 0 Å². The van der Waals surface area contributed by atoms with Gasteiger partial charge in [-0.15, -0.1) is 4.57 Å². The molecule has 0 saturated carbocycles. The van der Waals surface area contributed by atoms with E-state index in [0.717, 1.165) is 16.7 Å². The number of hydrogen-bond donors (Lipinski definition) is 4. The van der Waals surface area contributed by atoms with Crippen LogP contribution in [0.15, 0.2) is 54.6 Å². The molecule has 1 atom stereocenters. The van der Waals surface area contributed by atoms with E-state index in [1.54, 1.807) is 48.5 Å². The molecule has 0 fully saturated rings. The number of aromatic nitrogens is 4. The Morgan fingerprint density at radius 3 is 2.03 bits per heavy atom. The monoisotopic (exact) mass is 512 g/mol. The number of rotatable bonds is 3. The molecule has 0 saturated heterocycles. The number of carboxylic acids is 3. The molecule has 0 bridgehead atoms. The third-order valence-corrected chi connectivity index (χ3v) is 7.38. The zero-order valence-corrected chi connectivity index (χ0v) is 20.1. The van der Waals surface area contributed by atoms with Crippen molar-refractivity contribution in [1.29, 1.82) is 0 Å². The highest BCUT2D eigenvalue weighted by Gasteiger charge is 2.52. The Hall–Kier alpha value is -5.39. The number of fused-ring (bicyclic) bond motifs is 12. The van der Waals surface area contributed by atoms with E-state index in [-0.39, 0.29) is 16.7 Å². The number of benzene rings is 3. The Balaban J connectivity index is 1.64. The van der Waals surface area contributed by atoms with Crippen molar-refractivity contribution >= 4 is 57.3 Å². The van der Waals surface area contributed by atoms with Crippen LogP contribution in [-0.4, -0.2) is 42.4 Å². The van der Waals surface area contributed by atoms with Crippen molar-refractivity contribution in [1.82, 2.24) is 9.13 Å². The number of hydrogen-bond acceptors (Lipinski definition) is 5. The molecular formula is C26H20N6O6+2. The first-order valence-corrected chi connectivity index (χ1v) is 11.7. The minimum Gasteiger partial charge on any atom is -0.478 e. The van der Waals surface area contributed by atoms with Crippen LogP contribution in [0.1, 0.15) is 37.4 Å². The normalized spacial score (nSPS) is 15.1. The molecule has 0 spiro atoms. The molecule has 0 aliphatic carbocycles. The predicted molar refractivity (Wildman–Crippen MR) is 133 cm³/mol. The second-order valence-corrected chi connectivity index (χ2v) is 9.37. The molecule has 38 heavy (non-hydrogen) atoms. The molecular weight excluding hydrogens is 492 g/mol. The Bertz CT molecular complexity index is 1940. The average Bonchev–Trinajstić information content (AvgIpc) is 3.51. The zero-order valence-electron chi connectivity index (χ0n) is 20.1. The number of aromatic carboxylic acids is 3. The summed E-state index contributed by atoms with van der Waals surface area (Å²) in [7, 11) is 3.70. The predicted octanol–water partition coefficient (Wildman–Crippen LogP) is 2.36. The molecule has 5 aromatic rings. The number of carboxylic acid groups (broad SMARTS) is 3. The van der Waals surface area contributed by atoms with E-state index in [2.05, 4.69) is 5.32 Å². The standard InChI is InChI=1S/C26H18N6O6/c1-28-16-7-4-14(23(37)38)11-20(16)32-25(28)31-18-9-12(21(33)34)3-6-15(18)27-24(31)30-17-8-5-13(22(35)36)10-19(17)29(2)26(30)32/h3-11,24,27H,1-2H3,(H-2,33,34,35,36,37,38)/p+2. The maximum atomic E-state index is 11.9. The zero-order chi connectivity index (χ0) is 26.6. The van der Waals surface area contributed by atoms with Crippen LogP contribution in [0.2, 0.25) is 0 Å². The minimum absolute atomic E-state index is 0.118. The lowest BCUT2D eigenvalue weighted by atomic mass is 10.1. The van der Waals surface area contributed by atoms with Crippen molar-refractivity contribution in [3.8, 4) is 5.95 Å². The summed E-state index contributed by atoms with van der Waals surface area (Å²) in [6.07, 6.45) is -0.509. The van der Waals surface area contributed by atoms with Crippen LogP contribution in [0.4, 0.5) is 17.3 Å². The Morgan fingerprint density at radius 2 is 1.37 bits per heavy atom. The fourth-order valence-electron chi connectivity index (χ4n) is 5.67. The molecule has 0 radical (unpaired) electrons. The lowest BCUT2D eigenvalue weighted by Gasteiger charge is -2.25. The van der Waals surface area contributed by atoms with Crippen LogP contribution in [0, 0.1) is 0 Å². The van der Waals surface area contributed by atoms with Gasteiger partial charge in [-0.1, -0.05) is 0 Å². The average molecular weight is 512 g/mol. The van der Waals surface area contributed by atoms with Gasteiger partial charge in [0.25, 0.3) is 6.29 Å². The molecule has 4 heterocycles. The molecule has 7 rings (SSSR count). The van der Waals surface area contributed by atoms with Gasteiger partial charge in [0.15, 0.2) is 5.52 Å². The summed E-state index contributed by atoms with van der Waals surface area (Å²) in [5, 5.41) is 32.5. The topological polar surface area (TPSA) is 145 Å². The van der Waals surface area contributed by atoms with E-state index in [9.17, 15) is 29.7 Å². The van der Waals surface area contributed by atoms with E-state index in [1.165, 1.54) is 6.07 Å². The van der Waals surface area contributed by atoms with E-state index in [4.69, 9.17) is 0 Å². The van der Waals surface area contributed by atoms with E-state index in [1.807, 2.05) is 37.3 Å². The van der Waals surface area contributed by atoms with Crippen LogP contribution in [0.3, 0.4) is 0 Å². The van der Waals surface area contributed by atoms with Crippen LogP contribution < -0.4 is 19.4 Å². The van der Waals surface area contributed by atoms with Gasteiger partial charge >= 0.3 is 29.8 Å². The van der Waals surface area contributed by atoms with E-state index >= 15 is 0 Å². The van der Waals surface area contributed by atoms with Crippen molar-refractivity contribution < 1.29 is 38.8 Å². The maximum absolute atomic E-state index is 11.9. The quantitative estimate of drug-likeness (QED) is 0.270. The Kier molecular flexibility index (Phi) is 4.08. The molecule has 12 heteroatoms. The number of nitrogens with one attached hydrogen (secondary N) is 1. The SMILES string of the molecule is Cn1c2[n+](c3ccc(C(=O)O)cc31)C1Nc3ccc(C(=O)O)cc3N1c1n-2c2cc(C(=O)O)ccc2[n+]1C. The fraction of sp³-hybridized carbons (Fsp3) is 0.115. The fourth-order valence-corrected chi connectivity index (χ4v) is 5.67. The summed E-state index contributed by atoms with van der Waals surface area (Å²) < 4.78 is 7.73. The van der Waals surface area contributed by atoms with Gasteiger partial charge in [0.2, 0.25) is 0 Å². The summed E-state index contributed by atoms with van der Waals surface area (Å²) in [5.74, 6) is -1.82. The summed E-state index contributed by atoms with van der Waals surface area (Å²) in [6, 6.07) is 14.6. The maximum Gasteiger partial charge on any atom is 0.379 e. The molecule has 2 aromatic heterocycles. The van der Waals surface area contributed by atoms with E-state index < -0.39 is 24.2 Å². The van der Waals surface area contributed by atoms with Gasteiger partial charge < -0.3 is 20.6 Å². The van der Waals surface area contributed by atoms with Crippen LogP contribution in [0.25, 0.3) is 28.0 Å². The molecule has 1 unspecified atom stereocenters. The van der Waals surface area contributed by atoms with Crippen molar-refractivity contribution in [3.05, 3.63) is 71.3 Å². The second kappa shape index (κ2) is 7.09. The van der Waals surface area contributed by atoms with Gasteiger partial charge in [0.1, 0.15) is 22.2 Å². The number of imidazole rings is 2. The molecule has 188 valence electrons. The van der Waals surface area contributed by atoms with Crippen molar-refractivity contribution in [2.45, 2.75) is 6.29 Å². The molecule has 3 aromatic carbocycles. The first-order chi connectivity index (χ1) is 18.2. The summed E-state index contributed by atoms with van der Waals surface area (Å²) in [5.41, 5.74) is 4.54. The number of nitrogens with zero attached hydrogens (tertiary/aromatic N) is 5. The van der Waals surface area contributed by atoms with Crippen molar-refractivity contribution in [2.75, 3.05) is 10.2 Å². The smallest absolute Gasteiger partial charge is 0.379 e. The molecule has 4 N–H and O–H groups in total. The van der Waals surface area contributed by atoms with Gasteiger partial charge in [-0.25, -0.2) is 23.5 Å². The third kappa shape index (κ3) is 2.60. The summed E-state index contributed by atoms with van der Waals surface area (Å²) in [6.45, 7) is 0. The number of anilines is 3. The molecule has 0 amide bonds. The Labute approximate surface area is 213 Å². The van der Waals surface area contributed by atoms with Gasteiger partial charge in [-0.2, -0.15) is 9.47 Å². The highest BCUT2D eigenvalue weighted by atomic mass is 16.4. The van der Waals surface area contributed by atoms with Crippen LogP contribution >= 0.6 is 0 Å². The highest BCUT2D eigenvalue weighted by Crippen LogP contribution is 2.46. The van der Waals surface area contributed by atoms with Crippen molar-refractivity contribution in [2.24, 2.45) is 14.1 Å². The van der Waals surface area contributed by atoms with Gasteiger partial charge in [0, 0.05) is 0 Å². The lowest BCUT2D eigenvalue weighted by molar-refractivity contribution is -0.696. The van der Waals surface area contributed by atoms with E-state index in [0.29, 0.717) is 28.6 Å². The summed E-state index contributed by atoms with van der Waals surface area (Å²) >= 11 is 0. The summed E-state index contributed by atoms with van der Waals surface area (Å²) in [4.78, 5) is 37.4. The largest absolute Gasteiger partial charge is 0.478 e. The minimum atomic E-state index is -1.06. The van der Waals surface area contributed by atoms with Gasteiger partial charge in [-0.05, 0) is 54.6 Å². The number of aryl methyl sites for hydroxylation is 2. The molecule has 12 nitrogen and oxygen atoms in total. The lowest BCUT2D eigenvalue weighted by Crippen LogP contribution is -2.57. The van der Waals surface area contributed by atoms with Crippen molar-refractivity contribution in [3.63, 3.8) is 0 Å². The highest BCUT2D eigenvalue weighted by molar-refractivity contribution is 5.96. The first kappa shape index (κ1) is 21.9. The molecule has 2 aliphatic heterocycles. The number of carbonyl (C=O) groups is 3. The third-order valence-electron chi connectivity index (χ3n) is 7.38. The molecule has 2 aliphatic rings. The Morgan fingerprint density at radius 1 is 0.789 bits per heavy atom. The van der Waals surface area contributed by atoms with Gasteiger partial charge in [-0.3, -0.25) is 0 Å². The second-order valence-electron chi connectivity index (χ2n) is 9.37.